The first-order valence-corrected chi connectivity index (χ1v) is 10.4. The van der Waals surface area contributed by atoms with Crippen molar-refractivity contribution in [1.82, 2.24) is 14.6 Å². The van der Waals surface area contributed by atoms with Crippen LogP contribution in [0, 0.1) is 12.7 Å². The summed E-state index contributed by atoms with van der Waals surface area (Å²) in [5.74, 6) is 0.101. The van der Waals surface area contributed by atoms with Gasteiger partial charge in [-0.2, -0.15) is 9.61 Å². The number of hydrogen-bond acceptors (Lipinski definition) is 5. The number of aryl methyl sites for hydroxylation is 1. The SMILES string of the molecule is Cc1nc2c(-c3cc(N4CCOCC4)ccc3F)cnn2c(N)c1-c1cccc(Cl)c1. The first kappa shape index (κ1) is 19.8. The molecule has 0 radical (unpaired) electrons. The molecule has 1 saturated heterocycles. The second-order valence-electron chi connectivity index (χ2n) is 7.53. The van der Waals surface area contributed by atoms with Gasteiger partial charge in [0.15, 0.2) is 5.65 Å². The van der Waals surface area contributed by atoms with Gasteiger partial charge in [0.25, 0.3) is 0 Å². The van der Waals surface area contributed by atoms with Gasteiger partial charge in [-0.25, -0.2) is 9.37 Å². The molecule has 0 unspecified atom stereocenters. The minimum Gasteiger partial charge on any atom is -0.383 e. The molecule has 0 spiro atoms. The Kier molecular flexibility index (Phi) is 5.00. The minimum absolute atomic E-state index is 0.330. The van der Waals surface area contributed by atoms with Gasteiger partial charge in [-0.3, -0.25) is 0 Å². The summed E-state index contributed by atoms with van der Waals surface area (Å²) in [5.41, 5.74) is 11.3. The smallest absolute Gasteiger partial charge is 0.165 e. The number of rotatable bonds is 3. The highest BCUT2D eigenvalue weighted by atomic mass is 35.5. The summed E-state index contributed by atoms with van der Waals surface area (Å²) < 4.78 is 21.8. The van der Waals surface area contributed by atoms with E-state index >= 15 is 0 Å². The van der Waals surface area contributed by atoms with Crippen LogP contribution in [0.5, 0.6) is 0 Å². The average Bonchev–Trinajstić information content (AvgIpc) is 3.18. The molecule has 31 heavy (non-hydrogen) atoms. The molecule has 0 saturated carbocycles. The van der Waals surface area contributed by atoms with E-state index in [0.717, 1.165) is 35.6 Å². The second kappa shape index (κ2) is 7.83. The number of nitrogens with two attached hydrogens (primary N) is 1. The van der Waals surface area contributed by atoms with E-state index in [0.29, 0.717) is 40.8 Å². The number of anilines is 2. The third-order valence-electron chi connectivity index (χ3n) is 5.59. The van der Waals surface area contributed by atoms with Gasteiger partial charge in [0.2, 0.25) is 0 Å². The summed E-state index contributed by atoms with van der Waals surface area (Å²) in [5, 5.41) is 5.03. The number of nitrogen functional groups attached to an aromatic ring is 1. The molecule has 4 aromatic rings. The van der Waals surface area contributed by atoms with Gasteiger partial charge in [-0.05, 0) is 42.8 Å². The van der Waals surface area contributed by atoms with Gasteiger partial charge in [0.1, 0.15) is 11.6 Å². The fourth-order valence-electron chi connectivity index (χ4n) is 4.06. The number of nitrogens with zero attached hydrogens (tertiary/aromatic N) is 4. The predicted octanol–water partition coefficient (Wildman–Crippen LogP) is 4.58. The number of halogens is 2. The lowest BCUT2D eigenvalue weighted by Gasteiger charge is -2.29. The Bertz CT molecular complexity index is 1280. The highest BCUT2D eigenvalue weighted by Crippen LogP contribution is 2.35. The maximum atomic E-state index is 14.9. The van der Waals surface area contributed by atoms with Crippen LogP contribution in [0.25, 0.3) is 27.9 Å². The number of fused-ring (bicyclic) bond motifs is 1. The van der Waals surface area contributed by atoms with Crippen molar-refractivity contribution in [2.45, 2.75) is 6.92 Å². The van der Waals surface area contributed by atoms with Crippen molar-refractivity contribution in [3.05, 3.63) is 65.2 Å². The average molecular weight is 438 g/mol. The zero-order valence-corrected chi connectivity index (χ0v) is 17.7. The summed E-state index contributed by atoms with van der Waals surface area (Å²) in [6, 6.07) is 12.5. The first-order valence-electron chi connectivity index (χ1n) is 10.1. The molecule has 1 aliphatic rings. The van der Waals surface area contributed by atoms with Gasteiger partial charge < -0.3 is 15.4 Å². The van der Waals surface area contributed by atoms with E-state index in [1.807, 2.05) is 31.2 Å². The van der Waals surface area contributed by atoms with Crippen LogP contribution in [-0.2, 0) is 4.74 Å². The van der Waals surface area contributed by atoms with Crippen LogP contribution in [0.3, 0.4) is 0 Å². The lowest BCUT2D eigenvalue weighted by atomic mass is 10.0. The first-order chi connectivity index (χ1) is 15.0. The zero-order chi connectivity index (χ0) is 21.5. The third-order valence-corrected chi connectivity index (χ3v) is 5.83. The Morgan fingerprint density at radius 2 is 1.90 bits per heavy atom. The molecule has 3 heterocycles. The van der Waals surface area contributed by atoms with Gasteiger partial charge >= 0.3 is 0 Å². The standard InChI is InChI=1S/C23H21ClFN5O/c1-14-21(15-3-2-4-16(24)11-15)22(26)30-23(28-14)19(13-27-30)18-12-17(5-6-20(18)25)29-7-9-31-10-8-29/h2-6,11-13H,7-10,26H2,1H3. The van der Waals surface area contributed by atoms with Crippen LogP contribution in [0.1, 0.15) is 5.69 Å². The van der Waals surface area contributed by atoms with Crippen molar-refractivity contribution in [2.24, 2.45) is 0 Å². The van der Waals surface area contributed by atoms with Crippen LogP contribution in [-0.4, -0.2) is 40.9 Å². The van der Waals surface area contributed by atoms with Gasteiger partial charge in [-0.1, -0.05) is 23.7 Å². The molecule has 0 aliphatic carbocycles. The lowest BCUT2D eigenvalue weighted by molar-refractivity contribution is 0.122. The van der Waals surface area contributed by atoms with Crippen molar-refractivity contribution in [3.8, 4) is 22.3 Å². The predicted molar refractivity (Wildman–Crippen MR) is 121 cm³/mol. The fourth-order valence-corrected chi connectivity index (χ4v) is 4.25. The maximum Gasteiger partial charge on any atom is 0.165 e. The summed E-state index contributed by atoms with van der Waals surface area (Å²) in [6.07, 6.45) is 1.61. The van der Waals surface area contributed by atoms with Gasteiger partial charge in [0.05, 0.1) is 25.1 Å². The third kappa shape index (κ3) is 3.49. The number of aromatic nitrogens is 3. The molecule has 5 rings (SSSR count). The van der Waals surface area contributed by atoms with E-state index in [1.165, 1.54) is 6.07 Å². The molecular formula is C23H21ClFN5O. The van der Waals surface area contributed by atoms with Crippen molar-refractivity contribution in [1.29, 1.82) is 0 Å². The minimum atomic E-state index is -0.330. The van der Waals surface area contributed by atoms with Crippen LogP contribution in [0.2, 0.25) is 5.02 Å². The molecule has 6 nitrogen and oxygen atoms in total. The molecule has 0 bridgehead atoms. The molecule has 0 atom stereocenters. The topological polar surface area (TPSA) is 68.7 Å². The molecule has 2 aromatic heterocycles. The largest absolute Gasteiger partial charge is 0.383 e. The quantitative estimate of drug-likeness (QED) is 0.508. The molecule has 1 fully saturated rings. The molecule has 2 aromatic carbocycles. The molecule has 2 N–H and O–H groups in total. The van der Waals surface area contributed by atoms with Gasteiger partial charge in [-0.15, -0.1) is 0 Å². The van der Waals surface area contributed by atoms with E-state index in [9.17, 15) is 4.39 Å². The highest BCUT2D eigenvalue weighted by Gasteiger charge is 2.20. The molecule has 1 aliphatic heterocycles. The molecule has 0 amide bonds. The second-order valence-corrected chi connectivity index (χ2v) is 7.96. The van der Waals surface area contributed by atoms with Crippen LogP contribution < -0.4 is 10.6 Å². The molecular weight excluding hydrogens is 417 g/mol. The van der Waals surface area contributed by atoms with E-state index in [1.54, 1.807) is 22.8 Å². The zero-order valence-electron chi connectivity index (χ0n) is 17.0. The number of benzene rings is 2. The Hall–Kier alpha value is -3.16. The molecule has 8 heteroatoms. The Balaban J connectivity index is 1.64. The van der Waals surface area contributed by atoms with E-state index in [4.69, 9.17) is 27.1 Å². The Labute approximate surface area is 184 Å². The summed E-state index contributed by atoms with van der Waals surface area (Å²) in [6.45, 7) is 4.74. The van der Waals surface area contributed by atoms with E-state index in [2.05, 4.69) is 10.00 Å². The number of morpholine rings is 1. The van der Waals surface area contributed by atoms with Gasteiger partial charge in [0, 0.05) is 40.5 Å². The van der Waals surface area contributed by atoms with E-state index in [-0.39, 0.29) is 5.82 Å². The highest BCUT2D eigenvalue weighted by molar-refractivity contribution is 6.30. The maximum absolute atomic E-state index is 14.9. The number of ether oxygens (including phenoxy) is 1. The summed E-state index contributed by atoms with van der Waals surface area (Å²) in [4.78, 5) is 6.92. The Morgan fingerprint density at radius 1 is 1.10 bits per heavy atom. The van der Waals surface area contributed by atoms with E-state index < -0.39 is 0 Å². The van der Waals surface area contributed by atoms with Crippen molar-refractivity contribution < 1.29 is 9.13 Å². The monoisotopic (exact) mass is 437 g/mol. The van der Waals surface area contributed by atoms with Crippen LogP contribution in [0.15, 0.2) is 48.7 Å². The molecule has 158 valence electrons. The lowest BCUT2D eigenvalue weighted by Crippen LogP contribution is -2.36. The fraction of sp³-hybridized carbons (Fsp3) is 0.217. The van der Waals surface area contributed by atoms with Crippen molar-refractivity contribution in [3.63, 3.8) is 0 Å². The van der Waals surface area contributed by atoms with Crippen LogP contribution >= 0.6 is 11.6 Å². The number of hydrogen-bond donors (Lipinski definition) is 1. The Morgan fingerprint density at radius 3 is 2.68 bits per heavy atom. The van der Waals surface area contributed by atoms with Crippen molar-refractivity contribution >= 4 is 28.8 Å². The van der Waals surface area contributed by atoms with Crippen LogP contribution in [0.4, 0.5) is 15.9 Å². The van der Waals surface area contributed by atoms with Crippen molar-refractivity contribution in [2.75, 3.05) is 36.9 Å². The summed E-state index contributed by atoms with van der Waals surface area (Å²) >= 11 is 6.16. The normalized spacial score (nSPS) is 14.4. The summed E-state index contributed by atoms with van der Waals surface area (Å²) in [7, 11) is 0.